The molecule has 0 radical (unpaired) electrons. The van der Waals surface area contributed by atoms with Crippen molar-refractivity contribution in [2.45, 2.75) is 38.9 Å². The van der Waals surface area contributed by atoms with Crippen LogP contribution < -0.4 is 10.2 Å². The first-order valence-electron chi connectivity index (χ1n) is 7.51. The predicted octanol–water partition coefficient (Wildman–Crippen LogP) is 2.41. The van der Waals surface area contributed by atoms with Crippen LogP contribution in [0.1, 0.15) is 33.4 Å². The second-order valence-electron chi connectivity index (χ2n) is 6.67. The Kier molecular flexibility index (Phi) is 3.59. The number of hydrogen-bond acceptors (Lipinski definition) is 5. The van der Waals surface area contributed by atoms with Crippen molar-refractivity contribution in [3.05, 3.63) is 30.1 Å². The van der Waals surface area contributed by atoms with E-state index in [-0.39, 0.29) is 0 Å². The second kappa shape index (κ2) is 5.22. The Hall–Kier alpha value is -2.10. The van der Waals surface area contributed by atoms with E-state index in [2.05, 4.69) is 11.1 Å². The van der Waals surface area contributed by atoms with Gasteiger partial charge in [-0.1, -0.05) is 0 Å². The van der Waals surface area contributed by atoms with Gasteiger partial charge in [0.1, 0.15) is 17.5 Å². The zero-order valence-electron chi connectivity index (χ0n) is 14.0. The number of benzene rings is 1. The van der Waals surface area contributed by atoms with Gasteiger partial charge in [0.25, 0.3) is 0 Å². The Bertz CT molecular complexity index is 795. The largest absolute Gasteiger partial charge is 0.498 e. The van der Waals surface area contributed by atoms with Gasteiger partial charge in [0.15, 0.2) is 0 Å². The second-order valence-corrected chi connectivity index (χ2v) is 6.67. The molecule has 0 aliphatic carbocycles. The smallest absolute Gasteiger partial charge is 0.497 e. The number of hydrogen-bond donors (Lipinski definition) is 0. The summed E-state index contributed by atoms with van der Waals surface area (Å²) >= 11 is 0. The van der Waals surface area contributed by atoms with Crippen molar-refractivity contribution in [2.75, 3.05) is 7.11 Å². The molecule has 1 aliphatic heterocycles. The molecule has 1 aromatic heterocycles. The zero-order chi connectivity index (χ0) is 16.8. The van der Waals surface area contributed by atoms with Crippen molar-refractivity contribution in [1.82, 2.24) is 4.98 Å². The highest BCUT2D eigenvalue weighted by atomic mass is 16.7. The number of methoxy groups -OCH3 is 1. The molecule has 118 valence electrons. The molecule has 0 amide bonds. The highest BCUT2D eigenvalue weighted by molar-refractivity contribution is 6.63. The van der Waals surface area contributed by atoms with Crippen LogP contribution in [0.15, 0.2) is 24.4 Å². The van der Waals surface area contributed by atoms with E-state index in [1.165, 1.54) is 0 Å². The maximum atomic E-state index is 9.28. The first kappa shape index (κ1) is 15.8. The molecule has 0 N–H and O–H groups in total. The third-order valence-electron chi connectivity index (χ3n) is 4.73. The third kappa shape index (κ3) is 2.46. The van der Waals surface area contributed by atoms with Crippen molar-refractivity contribution in [3.8, 4) is 11.8 Å². The highest BCUT2D eigenvalue weighted by Gasteiger charge is 2.52. The van der Waals surface area contributed by atoms with Crippen LogP contribution in [0, 0.1) is 11.3 Å². The van der Waals surface area contributed by atoms with Crippen LogP contribution in [0.2, 0.25) is 0 Å². The topological polar surface area (TPSA) is 64.4 Å². The van der Waals surface area contributed by atoms with Crippen LogP contribution in [-0.4, -0.2) is 30.4 Å². The highest BCUT2D eigenvalue weighted by Crippen LogP contribution is 2.37. The molecule has 0 spiro atoms. The molecule has 1 aliphatic rings. The van der Waals surface area contributed by atoms with Crippen LogP contribution >= 0.6 is 0 Å². The van der Waals surface area contributed by atoms with E-state index in [1.54, 1.807) is 13.3 Å². The van der Waals surface area contributed by atoms with Crippen molar-refractivity contribution < 1.29 is 14.0 Å². The molecule has 1 saturated heterocycles. The molecule has 1 fully saturated rings. The standard InChI is InChI=1S/C17H19BN2O3/c1-16(2)17(3,4)23-18(22-16)13-9-12-11(8-15(13)21-5)6-7-20-14(12)10-19/h6-9H,1-5H3. The normalized spacial score (nSPS) is 18.9. The van der Waals surface area contributed by atoms with E-state index in [0.29, 0.717) is 11.4 Å². The van der Waals surface area contributed by atoms with E-state index < -0.39 is 18.3 Å². The number of nitriles is 1. The molecule has 0 atom stereocenters. The van der Waals surface area contributed by atoms with Gasteiger partial charge in [-0.05, 0) is 51.3 Å². The summed E-state index contributed by atoms with van der Waals surface area (Å²) in [6.45, 7) is 8.01. The van der Waals surface area contributed by atoms with Crippen LogP contribution in [0.5, 0.6) is 5.75 Å². The third-order valence-corrected chi connectivity index (χ3v) is 4.73. The first-order valence-corrected chi connectivity index (χ1v) is 7.51. The first-order chi connectivity index (χ1) is 10.8. The van der Waals surface area contributed by atoms with Gasteiger partial charge in [-0.15, -0.1) is 0 Å². The van der Waals surface area contributed by atoms with Gasteiger partial charge in [-0.25, -0.2) is 4.98 Å². The number of aromatic nitrogens is 1. The van der Waals surface area contributed by atoms with Gasteiger partial charge in [0.2, 0.25) is 0 Å². The summed E-state index contributed by atoms with van der Waals surface area (Å²) in [7, 11) is 1.06. The maximum Gasteiger partial charge on any atom is 0.498 e. The molecular weight excluding hydrogens is 291 g/mol. The number of fused-ring (bicyclic) bond motifs is 1. The molecule has 6 heteroatoms. The maximum absolute atomic E-state index is 9.28. The van der Waals surface area contributed by atoms with E-state index in [0.717, 1.165) is 16.2 Å². The Balaban J connectivity index is 2.16. The molecule has 23 heavy (non-hydrogen) atoms. The summed E-state index contributed by atoms with van der Waals surface area (Å²) in [6.07, 6.45) is 1.62. The molecular formula is C17H19BN2O3. The number of ether oxygens (including phenoxy) is 1. The summed E-state index contributed by atoms with van der Waals surface area (Å²) in [5.74, 6) is 0.672. The quantitative estimate of drug-likeness (QED) is 0.797. The van der Waals surface area contributed by atoms with Crippen molar-refractivity contribution in [1.29, 1.82) is 5.26 Å². The Labute approximate surface area is 136 Å². The molecule has 0 saturated carbocycles. The molecule has 2 heterocycles. The van der Waals surface area contributed by atoms with Gasteiger partial charge >= 0.3 is 7.12 Å². The van der Waals surface area contributed by atoms with Crippen LogP contribution in [0.4, 0.5) is 0 Å². The fraction of sp³-hybridized carbons (Fsp3) is 0.412. The van der Waals surface area contributed by atoms with Gasteiger partial charge < -0.3 is 14.0 Å². The predicted molar refractivity (Wildman–Crippen MR) is 88.7 cm³/mol. The Morgan fingerprint density at radius 1 is 1.17 bits per heavy atom. The van der Waals surface area contributed by atoms with Gasteiger partial charge in [-0.2, -0.15) is 5.26 Å². The lowest BCUT2D eigenvalue weighted by Gasteiger charge is -2.32. The van der Waals surface area contributed by atoms with E-state index in [1.807, 2.05) is 45.9 Å². The summed E-state index contributed by atoms with van der Waals surface area (Å²) in [5, 5.41) is 10.9. The average molecular weight is 310 g/mol. The van der Waals surface area contributed by atoms with E-state index in [9.17, 15) is 5.26 Å². The van der Waals surface area contributed by atoms with E-state index >= 15 is 0 Å². The van der Waals surface area contributed by atoms with Crippen LogP contribution in [0.3, 0.4) is 0 Å². The minimum atomic E-state index is -0.550. The van der Waals surface area contributed by atoms with Crippen LogP contribution in [-0.2, 0) is 9.31 Å². The van der Waals surface area contributed by atoms with Crippen molar-refractivity contribution >= 4 is 23.4 Å². The van der Waals surface area contributed by atoms with Gasteiger partial charge in [0.05, 0.1) is 18.3 Å². The van der Waals surface area contributed by atoms with Crippen molar-refractivity contribution in [2.24, 2.45) is 0 Å². The molecule has 2 aromatic rings. The number of pyridine rings is 1. The fourth-order valence-corrected chi connectivity index (χ4v) is 2.64. The molecule has 1 aromatic carbocycles. The zero-order valence-corrected chi connectivity index (χ0v) is 14.0. The molecule has 0 bridgehead atoms. The van der Waals surface area contributed by atoms with Crippen LogP contribution in [0.25, 0.3) is 10.8 Å². The molecule has 0 unspecified atom stereocenters. The summed E-state index contributed by atoms with van der Waals surface area (Å²) < 4.78 is 17.7. The Morgan fingerprint density at radius 3 is 2.39 bits per heavy atom. The van der Waals surface area contributed by atoms with E-state index in [4.69, 9.17) is 14.0 Å². The Morgan fingerprint density at radius 2 is 1.83 bits per heavy atom. The fourth-order valence-electron chi connectivity index (χ4n) is 2.64. The summed E-state index contributed by atoms with van der Waals surface area (Å²) in [5.41, 5.74) is 0.265. The molecule has 5 nitrogen and oxygen atoms in total. The lowest BCUT2D eigenvalue weighted by molar-refractivity contribution is 0.00578. The lowest BCUT2D eigenvalue weighted by Crippen LogP contribution is -2.41. The monoisotopic (exact) mass is 310 g/mol. The minimum absolute atomic E-state index is 0.378. The number of rotatable bonds is 2. The van der Waals surface area contributed by atoms with Crippen molar-refractivity contribution in [3.63, 3.8) is 0 Å². The van der Waals surface area contributed by atoms with Gasteiger partial charge in [-0.3, -0.25) is 0 Å². The number of nitrogens with zero attached hydrogens (tertiary/aromatic N) is 2. The van der Waals surface area contributed by atoms with Gasteiger partial charge in [0, 0.05) is 17.0 Å². The molecule has 3 rings (SSSR count). The minimum Gasteiger partial charge on any atom is -0.497 e. The SMILES string of the molecule is COc1cc2ccnc(C#N)c2cc1B1OC(C)(C)C(C)(C)O1. The summed E-state index contributed by atoms with van der Waals surface area (Å²) in [6, 6.07) is 7.74. The lowest BCUT2D eigenvalue weighted by atomic mass is 9.77. The average Bonchev–Trinajstić information content (AvgIpc) is 2.73. The summed E-state index contributed by atoms with van der Waals surface area (Å²) in [4.78, 5) is 4.12.